The van der Waals surface area contributed by atoms with Crippen molar-refractivity contribution >= 4 is 28.8 Å². The van der Waals surface area contributed by atoms with E-state index in [0.29, 0.717) is 47.1 Å². The first-order valence-electron chi connectivity index (χ1n) is 15.4. The monoisotopic (exact) mass is 609 g/mol. The molecule has 0 radical (unpaired) electrons. The van der Waals surface area contributed by atoms with E-state index in [1.165, 1.54) is 16.9 Å². The molecule has 3 aromatic heterocycles. The summed E-state index contributed by atoms with van der Waals surface area (Å²) in [6.07, 6.45) is 9.61. The van der Waals surface area contributed by atoms with Crippen molar-refractivity contribution in [2.24, 2.45) is 4.99 Å². The maximum atomic E-state index is 15.4. The Morgan fingerprint density at radius 1 is 1.16 bits per heavy atom. The van der Waals surface area contributed by atoms with Gasteiger partial charge in [0.25, 0.3) is 5.56 Å². The van der Waals surface area contributed by atoms with Gasteiger partial charge in [-0.05, 0) is 85.6 Å². The molecule has 1 aromatic carbocycles. The molecule has 1 aliphatic carbocycles. The van der Waals surface area contributed by atoms with Crippen LogP contribution in [0.15, 0.2) is 69.4 Å². The fraction of sp³-hybridized carbons (Fsp3) is 0.353. The van der Waals surface area contributed by atoms with Crippen molar-refractivity contribution in [3.8, 4) is 10.4 Å². The smallest absolute Gasteiger partial charge is 0.261 e. The van der Waals surface area contributed by atoms with E-state index in [4.69, 9.17) is 4.99 Å². The number of nitrogens with one attached hydrogen (secondary N) is 2. The number of hydrogen-bond donors (Lipinski definition) is 2. The molecule has 226 valence electrons. The largest absolute Gasteiger partial charge is 0.367 e. The number of hydrogen-bond acceptors (Lipinski definition) is 8. The molecule has 2 fully saturated rings. The molecular formula is C34H36FN7OS. The normalized spacial score (nSPS) is 16.7. The van der Waals surface area contributed by atoms with Crippen LogP contribution >= 0.6 is 11.3 Å². The Hall–Kier alpha value is -4.15. The fourth-order valence-corrected chi connectivity index (χ4v) is 6.97. The molecule has 5 heterocycles. The van der Waals surface area contributed by atoms with Crippen LogP contribution in [0.3, 0.4) is 0 Å². The minimum atomic E-state index is -0.261. The van der Waals surface area contributed by atoms with Gasteiger partial charge in [0, 0.05) is 49.5 Å². The average Bonchev–Trinajstić information content (AvgIpc) is 3.82. The Morgan fingerprint density at radius 2 is 2.00 bits per heavy atom. The highest BCUT2D eigenvalue weighted by Crippen LogP contribution is 2.41. The Balaban J connectivity index is 1.34. The minimum Gasteiger partial charge on any atom is -0.367 e. The number of pyridine rings is 2. The van der Waals surface area contributed by atoms with Gasteiger partial charge in [0.15, 0.2) is 0 Å². The Bertz CT molecular complexity index is 1940. The molecule has 0 bridgehead atoms. The van der Waals surface area contributed by atoms with Crippen LogP contribution in [-0.4, -0.2) is 40.7 Å². The van der Waals surface area contributed by atoms with Crippen LogP contribution in [0.2, 0.25) is 0 Å². The van der Waals surface area contributed by atoms with E-state index in [0.717, 1.165) is 72.4 Å². The predicted molar refractivity (Wildman–Crippen MR) is 174 cm³/mol. The van der Waals surface area contributed by atoms with Gasteiger partial charge in [0.1, 0.15) is 17.1 Å². The van der Waals surface area contributed by atoms with Gasteiger partial charge in [0.2, 0.25) is 0 Å². The van der Waals surface area contributed by atoms with Gasteiger partial charge >= 0.3 is 0 Å². The number of nitrogens with zero attached hydrogens (tertiary/aromatic N) is 5. The van der Waals surface area contributed by atoms with Gasteiger partial charge in [-0.15, -0.1) is 11.3 Å². The number of aromatic nitrogens is 3. The Labute approximate surface area is 259 Å². The van der Waals surface area contributed by atoms with Crippen LogP contribution in [0.1, 0.15) is 55.3 Å². The van der Waals surface area contributed by atoms with Crippen LogP contribution in [-0.2, 0) is 6.54 Å². The summed E-state index contributed by atoms with van der Waals surface area (Å²) in [4.78, 5) is 31.2. The second kappa shape index (κ2) is 12.1. The van der Waals surface area contributed by atoms with Crippen molar-refractivity contribution in [2.75, 3.05) is 36.4 Å². The zero-order chi connectivity index (χ0) is 30.2. The lowest BCUT2D eigenvalue weighted by Crippen LogP contribution is -2.44. The molecule has 1 saturated carbocycles. The maximum Gasteiger partial charge on any atom is 0.261 e. The number of rotatable bonds is 8. The molecule has 2 N–H and O–H groups in total. The highest BCUT2D eigenvalue weighted by molar-refractivity contribution is 7.13. The summed E-state index contributed by atoms with van der Waals surface area (Å²) in [7, 11) is 0. The number of aryl methyl sites for hydroxylation is 1. The molecule has 2 aliphatic heterocycles. The number of halogens is 1. The Kier molecular flexibility index (Phi) is 7.86. The average molecular weight is 610 g/mol. The van der Waals surface area contributed by atoms with Crippen LogP contribution in [0, 0.1) is 12.7 Å². The van der Waals surface area contributed by atoms with Crippen LogP contribution < -0.4 is 31.8 Å². The summed E-state index contributed by atoms with van der Waals surface area (Å²) in [5.74, 6) is 0.887. The first kappa shape index (κ1) is 28.6. The van der Waals surface area contributed by atoms with E-state index in [9.17, 15) is 4.79 Å². The van der Waals surface area contributed by atoms with Crippen molar-refractivity contribution in [3.63, 3.8) is 0 Å². The molecule has 0 unspecified atom stereocenters. The van der Waals surface area contributed by atoms with Gasteiger partial charge in [-0.2, -0.15) is 0 Å². The summed E-state index contributed by atoms with van der Waals surface area (Å²) >= 11 is 1.48. The molecule has 1 saturated heterocycles. The van der Waals surface area contributed by atoms with Crippen LogP contribution in [0.4, 0.5) is 15.8 Å². The van der Waals surface area contributed by atoms with Crippen molar-refractivity contribution in [1.29, 1.82) is 0 Å². The highest BCUT2D eigenvalue weighted by atomic mass is 32.1. The summed E-state index contributed by atoms with van der Waals surface area (Å²) < 4.78 is 17.2. The first-order valence-corrected chi connectivity index (χ1v) is 16.3. The summed E-state index contributed by atoms with van der Waals surface area (Å²) in [6, 6.07) is 9.28. The van der Waals surface area contributed by atoms with E-state index < -0.39 is 0 Å². The molecule has 0 amide bonds. The molecule has 3 aliphatic rings. The lowest BCUT2D eigenvalue weighted by Gasteiger charge is -2.29. The summed E-state index contributed by atoms with van der Waals surface area (Å²) in [5, 5.41) is 7.64. The van der Waals surface area contributed by atoms with Crippen molar-refractivity contribution in [1.82, 2.24) is 19.9 Å². The zero-order valence-corrected chi connectivity index (χ0v) is 25.9. The summed E-state index contributed by atoms with van der Waals surface area (Å²) in [5.41, 5.74) is 8.38. The van der Waals surface area contributed by atoms with Gasteiger partial charge in [0.05, 0.1) is 33.9 Å². The lowest BCUT2D eigenvalue weighted by molar-refractivity contribution is 0.566. The number of fused-ring (bicyclic) bond motifs is 1. The van der Waals surface area contributed by atoms with Gasteiger partial charge < -0.3 is 15.5 Å². The molecule has 7 rings (SSSR count). The number of benzene rings is 1. The topological polar surface area (TPSA) is 87.4 Å². The number of allylic oxidation sites excluding steroid dienone is 1. The highest BCUT2D eigenvalue weighted by Gasteiger charge is 2.27. The third kappa shape index (κ3) is 5.59. The van der Waals surface area contributed by atoms with E-state index in [1.54, 1.807) is 22.3 Å². The fourth-order valence-electron chi connectivity index (χ4n) is 6.16. The molecule has 4 aromatic rings. The molecule has 0 spiro atoms. The molecular weight excluding hydrogens is 573 g/mol. The number of thiazole rings is 1. The molecule has 8 nitrogen and oxygen atoms in total. The summed E-state index contributed by atoms with van der Waals surface area (Å²) in [6.45, 7) is 7.66. The van der Waals surface area contributed by atoms with Crippen LogP contribution in [0.5, 0.6) is 0 Å². The van der Waals surface area contributed by atoms with E-state index in [2.05, 4.69) is 38.5 Å². The second-order valence-corrected chi connectivity index (χ2v) is 12.6. The second-order valence-electron chi connectivity index (χ2n) is 11.7. The van der Waals surface area contributed by atoms with E-state index >= 15 is 4.39 Å². The molecule has 44 heavy (non-hydrogen) atoms. The lowest BCUT2D eigenvalue weighted by atomic mass is 10.1. The van der Waals surface area contributed by atoms with E-state index in [1.807, 2.05) is 37.4 Å². The quantitative estimate of drug-likeness (QED) is 0.302. The first-order chi connectivity index (χ1) is 21.5. The van der Waals surface area contributed by atoms with Crippen LogP contribution in [0.25, 0.3) is 16.5 Å². The third-order valence-electron chi connectivity index (χ3n) is 8.79. The number of piperazine rings is 1. The molecule has 0 atom stereocenters. The SMILES string of the molecule is CCC1=C(Nc2ccc(N3CCNCC3)c(F)c2)N=c2c(cc(-c3scnc3C)c(=O)n2Cc2ccncc2C2CC2)=CC1. The molecule has 10 heteroatoms. The zero-order valence-electron chi connectivity index (χ0n) is 25.1. The van der Waals surface area contributed by atoms with Crippen molar-refractivity contribution < 1.29 is 4.39 Å². The minimum absolute atomic E-state index is 0.0995. The van der Waals surface area contributed by atoms with Gasteiger partial charge in [-0.1, -0.05) is 13.0 Å². The van der Waals surface area contributed by atoms with E-state index in [-0.39, 0.29) is 11.4 Å². The predicted octanol–water partition coefficient (Wildman–Crippen LogP) is 4.69. The standard InChI is InChI=1S/C34H36FN7OS/c1-3-22-4-7-24-16-27(31-21(2)38-20-44-31)34(43)42(19-25-10-11-37-18-28(25)23-5-6-23)33(24)40-32(22)39-26-8-9-30(29(35)17-26)41-14-12-36-13-15-41/h7-11,16-18,20,23,36,39H,3-6,12-15,19H2,1-2H3. The number of anilines is 2. The van der Waals surface area contributed by atoms with Gasteiger partial charge in [-0.25, -0.2) is 14.4 Å². The van der Waals surface area contributed by atoms with Gasteiger partial charge in [-0.3, -0.25) is 14.3 Å². The van der Waals surface area contributed by atoms with Crippen molar-refractivity contribution in [3.05, 3.63) is 103 Å². The third-order valence-corrected chi connectivity index (χ3v) is 9.75. The maximum absolute atomic E-state index is 15.4. The van der Waals surface area contributed by atoms with Crippen molar-refractivity contribution in [2.45, 2.75) is 52.0 Å². The Morgan fingerprint density at radius 3 is 2.73 bits per heavy atom.